The number of nitrogens with one attached hydrogen (secondary N) is 1. The van der Waals surface area contributed by atoms with Crippen molar-refractivity contribution in [1.82, 2.24) is 4.72 Å². The Balaban J connectivity index is 1.85. The lowest BCUT2D eigenvalue weighted by Gasteiger charge is -2.30. The van der Waals surface area contributed by atoms with Gasteiger partial charge >= 0.3 is 0 Å². The maximum atomic E-state index is 12.7. The molecule has 1 atom stereocenters. The molecule has 3 aromatic rings. The summed E-state index contributed by atoms with van der Waals surface area (Å²) in [6.45, 7) is 0.236. The fourth-order valence-electron chi connectivity index (χ4n) is 2.88. The smallest absolute Gasteiger partial charge is 0.240 e. The van der Waals surface area contributed by atoms with Crippen molar-refractivity contribution in [3.63, 3.8) is 0 Å². The average molecular weight is 401 g/mol. The second kappa shape index (κ2) is 8.57. The standard InChI is InChI=1S/C21H21ClN2O2S/c1-24(19-10-6-3-7-11-19)21(17-8-4-2-5-9-17)16-23-27(25,26)20-14-12-18(22)13-15-20/h2-15,21,23H,16H2,1H3. The molecule has 0 aliphatic carbocycles. The minimum atomic E-state index is -3.63. The Bertz CT molecular complexity index is 962. The van der Waals surface area contributed by atoms with Crippen molar-refractivity contribution in [1.29, 1.82) is 0 Å². The molecule has 3 rings (SSSR count). The van der Waals surface area contributed by atoms with Crippen molar-refractivity contribution < 1.29 is 8.42 Å². The molecule has 0 bridgehead atoms. The van der Waals surface area contributed by atoms with Crippen LogP contribution in [0.5, 0.6) is 0 Å². The second-order valence-corrected chi connectivity index (χ2v) is 8.38. The van der Waals surface area contributed by atoms with Gasteiger partial charge in [0, 0.05) is 24.3 Å². The van der Waals surface area contributed by atoms with Crippen molar-refractivity contribution in [2.24, 2.45) is 0 Å². The third-order valence-corrected chi connectivity index (χ3v) is 6.10. The third kappa shape index (κ3) is 4.89. The van der Waals surface area contributed by atoms with Crippen LogP contribution in [0, 0.1) is 0 Å². The zero-order chi connectivity index (χ0) is 19.3. The van der Waals surface area contributed by atoms with Gasteiger partial charge in [-0.2, -0.15) is 0 Å². The molecule has 0 saturated heterocycles. The number of anilines is 1. The lowest BCUT2D eigenvalue weighted by atomic mass is 10.1. The molecule has 0 spiro atoms. The number of halogens is 1. The first-order valence-corrected chi connectivity index (χ1v) is 10.4. The minimum Gasteiger partial charge on any atom is -0.366 e. The molecule has 6 heteroatoms. The van der Waals surface area contributed by atoms with E-state index in [4.69, 9.17) is 11.6 Å². The summed E-state index contributed by atoms with van der Waals surface area (Å²) in [6, 6.07) is 25.7. The van der Waals surface area contributed by atoms with Gasteiger partial charge in [0.05, 0.1) is 10.9 Å². The van der Waals surface area contributed by atoms with Crippen LogP contribution in [-0.2, 0) is 10.0 Å². The van der Waals surface area contributed by atoms with Crippen LogP contribution in [0.4, 0.5) is 5.69 Å². The Morgan fingerprint density at radius 1 is 0.889 bits per heavy atom. The van der Waals surface area contributed by atoms with Crippen molar-refractivity contribution in [2.75, 3.05) is 18.5 Å². The highest BCUT2D eigenvalue weighted by Crippen LogP contribution is 2.25. The van der Waals surface area contributed by atoms with E-state index < -0.39 is 10.0 Å². The Morgan fingerprint density at radius 2 is 1.44 bits per heavy atom. The van der Waals surface area contributed by atoms with Gasteiger partial charge in [0.15, 0.2) is 0 Å². The van der Waals surface area contributed by atoms with Gasteiger partial charge in [-0.1, -0.05) is 60.1 Å². The summed E-state index contributed by atoms with van der Waals surface area (Å²) in [4.78, 5) is 2.26. The molecule has 140 valence electrons. The Kier molecular flexibility index (Phi) is 6.16. The molecular weight excluding hydrogens is 380 g/mol. The largest absolute Gasteiger partial charge is 0.366 e. The molecule has 1 N–H and O–H groups in total. The van der Waals surface area contributed by atoms with Crippen LogP contribution >= 0.6 is 11.6 Å². The summed E-state index contributed by atoms with van der Waals surface area (Å²) in [5, 5.41) is 0.500. The van der Waals surface area contributed by atoms with E-state index in [9.17, 15) is 8.42 Å². The van der Waals surface area contributed by atoms with Gasteiger partial charge in [0.25, 0.3) is 0 Å². The average Bonchev–Trinajstić information content (AvgIpc) is 2.70. The number of rotatable bonds is 7. The summed E-state index contributed by atoms with van der Waals surface area (Å²) < 4.78 is 28.1. The topological polar surface area (TPSA) is 49.4 Å². The van der Waals surface area contributed by atoms with Crippen LogP contribution in [0.2, 0.25) is 5.02 Å². The fourth-order valence-corrected chi connectivity index (χ4v) is 4.05. The summed E-state index contributed by atoms with van der Waals surface area (Å²) >= 11 is 5.86. The third-order valence-electron chi connectivity index (χ3n) is 4.41. The zero-order valence-corrected chi connectivity index (χ0v) is 16.5. The van der Waals surface area contributed by atoms with Crippen molar-refractivity contribution >= 4 is 27.3 Å². The van der Waals surface area contributed by atoms with E-state index in [0.717, 1.165) is 11.3 Å². The number of sulfonamides is 1. The van der Waals surface area contributed by atoms with E-state index in [1.54, 1.807) is 12.1 Å². The van der Waals surface area contributed by atoms with E-state index in [0.29, 0.717) is 5.02 Å². The lowest BCUT2D eigenvalue weighted by Crippen LogP contribution is -2.36. The SMILES string of the molecule is CN(c1ccccc1)C(CNS(=O)(=O)c1ccc(Cl)cc1)c1ccccc1. The highest BCUT2D eigenvalue weighted by atomic mass is 35.5. The first kappa shape index (κ1) is 19.4. The molecule has 3 aromatic carbocycles. The Hall–Kier alpha value is -2.34. The van der Waals surface area contributed by atoms with Crippen LogP contribution in [0.3, 0.4) is 0 Å². The molecule has 4 nitrogen and oxygen atoms in total. The molecule has 0 aromatic heterocycles. The monoisotopic (exact) mass is 400 g/mol. The number of benzene rings is 3. The molecule has 0 fully saturated rings. The molecule has 0 aliphatic heterocycles. The van der Waals surface area contributed by atoms with Gasteiger partial charge in [-0.25, -0.2) is 13.1 Å². The predicted molar refractivity (Wildman–Crippen MR) is 111 cm³/mol. The number of para-hydroxylation sites is 1. The van der Waals surface area contributed by atoms with E-state index in [2.05, 4.69) is 9.62 Å². The van der Waals surface area contributed by atoms with E-state index in [-0.39, 0.29) is 17.5 Å². The number of hydrogen-bond donors (Lipinski definition) is 1. The van der Waals surface area contributed by atoms with Gasteiger partial charge in [-0.15, -0.1) is 0 Å². The fraction of sp³-hybridized carbons (Fsp3) is 0.143. The Morgan fingerprint density at radius 3 is 2.04 bits per heavy atom. The van der Waals surface area contributed by atoms with Gasteiger partial charge in [-0.3, -0.25) is 0 Å². The summed E-state index contributed by atoms with van der Waals surface area (Å²) in [6.07, 6.45) is 0. The molecule has 27 heavy (non-hydrogen) atoms. The zero-order valence-electron chi connectivity index (χ0n) is 14.9. The first-order chi connectivity index (χ1) is 13.0. The first-order valence-electron chi connectivity index (χ1n) is 8.55. The lowest BCUT2D eigenvalue weighted by molar-refractivity contribution is 0.567. The summed E-state index contributed by atoms with van der Waals surface area (Å²) in [5.41, 5.74) is 2.04. The highest BCUT2D eigenvalue weighted by Gasteiger charge is 2.21. The predicted octanol–water partition coefficient (Wildman–Crippen LogP) is 4.50. The molecule has 0 heterocycles. The van der Waals surface area contributed by atoms with Gasteiger partial charge in [-0.05, 0) is 42.0 Å². The van der Waals surface area contributed by atoms with Crippen LogP contribution < -0.4 is 9.62 Å². The normalized spacial score (nSPS) is 12.5. The van der Waals surface area contributed by atoms with E-state index in [1.807, 2.05) is 67.7 Å². The molecule has 0 radical (unpaired) electrons. The summed E-state index contributed by atoms with van der Waals surface area (Å²) in [5.74, 6) is 0. The van der Waals surface area contributed by atoms with Gasteiger partial charge < -0.3 is 4.90 Å². The van der Waals surface area contributed by atoms with Gasteiger partial charge in [0.1, 0.15) is 0 Å². The molecule has 1 unspecified atom stereocenters. The number of nitrogens with zero attached hydrogens (tertiary/aromatic N) is 1. The minimum absolute atomic E-state index is 0.157. The maximum Gasteiger partial charge on any atom is 0.240 e. The number of likely N-dealkylation sites (N-methyl/N-ethyl adjacent to an activating group) is 1. The van der Waals surface area contributed by atoms with Crippen LogP contribution in [0.1, 0.15) is 11.6 Å². The highest BCUT2D eigenvalue weighted by molar-refractivity contribution is 7.89. The molecule has 0 amide bonds. The second-order valence-electron chi connectivity index (χ2n) is 6.18. The van der Waals surface area contributed by atoms with Crippen LogP contribution in [-0.4, -0.2) is 22.0 Å². The number of hydrogen-bond acceptors (Lipinski definition) is 3. The summed E-state index contributed by atoms with van der Waals surface area (Å²) in [7, 11) is -1.67. The molecule has 0 aliphatic rings. The van der Waals surface area contributed by atoms with Gasteiger partial charge in [0.2, 0.25) is 10.0 Å². The van der Waals surface area contributed by atoms with Crippen molar-refractivity contribution in [3.05, 3.63) is 95.5 Å². The van der Waals surface area contributed by atoms with Crippen LogP contribution in [0.25, 0.3) is 0 Å². The van der Waals surface area contributed by atoms with Crippen molar-refractivity contribution in [3.8, 4) is 0 Å². The molecule has 0 saturated carbocycles. The van der Waals surface area contributed by atoms with Crippen LogP contribution in [0.15, 0.2) is 89.8 Å². The van der Waals surface area contributed by atoms with E-state index in [1.165, 1.54) is 12.1 Å². The Labute approximate surface area is 165 Å². The maximum absolute atomic E-state index is 12.7. The van der Waals surface area contributed by atoms with Crippen molar-refractivity contribution in [2.45, 2.75) is 10.9 Å². The quantitative estimate of drug-likeness (QED) is 0.635. The molecular formula is C21H21ClN2O2S. The van der Waals surface area contributed by atoms with E-state index >= 15 is 0 Å².